The second-order valence-electron chi connectivity index (χ2n) is 6.61. The Labute approximate surface area is 140 Å². The normalized spacial score (nSPS) is 24.5. The van der Waals surface area contributed by atoms with E-state index in [1.807, 2.05) is 13.8 Å². The zero-order valence-electron chi connectivity index (χ0n) is 16.0. The average Bonchev–Trinajstić information content (AvgIpc) is 2.50. The van der Waals surface area contributed by atoms with Crippen molar-refractivity contribution in [3.8, 4) is 0 Å². The Morgan fingerprint density at radius 1 is 0.955 bits per heavy atom. The number of rotatable bonds is 1. The minimum Gasteiger partial charge on any atom is -0.381 e. The summed E-state index contributed by atoms with van der Waals surface area (Å²) in [5.74, 6) is 0.927. The van der Waals surface area contributed by atoms with E-state index in [9.17, 15) is 0 Å². The number of ether oxygens (including phenoxy) is 1. The van der Waals surface area contributed by atoms with Gasteiger partial charge in [-0.15, -0.1) is 0 Å². The third-order valence-electron chi connectivity index (χ3n) is 4.20. The molecule has 134 valence electrons. The molecule has 1 unspecified atom stereocenters. The van der Waals surface area contributed by atoms with Crippen molar-refractivity contribution in [2.24, 2.45) is 5.92 Å². The number of nitrogens with one attached hydrogen (secondary N) is 1. The van der Waals surface area contributed by atoms with Gasteiger partial charge >= 0.3 is 0 Å². The molecule has 3 rings (SSSR count). The average molecular weight is 315 g/mol. The minimum absolute atomic E-state index is 0.753. The van der Waals surface area contributed by atoms with Crippen LogP contribution in [0.25, 0.3) is 0 Å². The van der Waals surface area contributed by atoms with E-state index in [0.717, 1.165) is 25.2 Å². The molecule has 1 atom stereocenters. The number of hydrogen-bond acceptors (Lipinski definition) is 3. The van der Waals surface area contributed by atoms with Gasteiger partial charge in [0.25, 0.3) is 0 Å². The first-order valence-corrected chi connectivity index (χ1v) is 9.72. The quantitative estimate of drug-likeness (QED) is 0.780. The van der Waals surface area contributed by atoms with Gasteiger partial charge in [-0.3, -0.25) is 0 Å². The summed E-state index contributed by atoms with van der Waals surface area (Å²) in [6, 6.07) is 0.753. The molecule has 3 aliphatic heterocycles. The van der Waals surface area contributed by atoms with Gasteiger partial charge in [0, 0.05) is 25.8 Å². The molecule has 3 heteroatoms. The highest BCUT2D eigenvalue weighted by Gasteiger charge is 2.17. The molecule has 3 nitrogen and oxygen atoms in total. The molecule has 0 bridgehead atoms. The van der Waals surface area contributed by atoms with Crippen molar-refractivity contribution in [1.82, 2.24) is 10.2 Å². The highest BCUT2D eigenvalue weighted by molar-refractivity contribution is 4.72. The molecule has 0 spiro atoms. The zero-order chi connectivity index (χ0) is 16.6. The Kier molecular flexibility index (Phi) is 15.7. The van der Waals surface area contributed by atoms with Crippen LogP contribution in [-0.4, -0.2) is 50.3 Å². The van der Waals surface area contributed by atoms with Crippen molar-refractivity contribution in [2.75, 3.05) is 39.4 Å². The van der Waals surface area contributed by atoms with Gasteiger partial charge in [0.15, 0.2) is 0 Å². The first-order valence-electron chi connectivity index (χ1n) is 9.72. The molecule has 0 aliphatic carbocycles. The van der Waals surface area contributed by atoms with Crippen LogP contribution in [0.5, 0.6) is 0 Å². The Morgan fingerprint density at radius 2 is 1.50 bits per heavy atom. The topological polar surface area (TPSA) is 24.5 Å². The molecule has 3 heterocycles. The van der Waals surface area contributed by atoms with Gasteiger partial charge in [-0.1, -0.05) is 27.2 Å². The Morgan fingerprint density at radius 3 is 1.73 bits per heavy atom. The van der Waals surface area contributed by atoms with Crippen molar-refractivity contribution in [3.63, 3.8) is 0 Å². The molecule has 22 heavy (non-hydrogen) atoms. The summed E-state index contributed by atoms with van der Waals surface area (Å²) in [7, 11) is 0. The van der Waals surface area contributed by atoms with Gasteiger partial charge < -0.3 is 15.0 Å². The second kappa shape index (κ2) is 15.8. The summed E-state index contributed by atoms with van der Waals surface area (Å²) in [6.45, 7) is 18.1. The molecule has 0 radical (unpaired) electrons. The van der Waals surface area contributed by atoms with Crippen molar-refractivity contribution < 1.29 is 4.74 Å². The number of hydrogen-bond donors (Lipinski definition) is 1. The monoisotopic (exact) mass is 314 g/mol. The van der Waals surface area contributed by atoms with E-state index >= 15 is 0 Å². The van der Waals surface area contributed by atoms with Gasteiger partial charge in [-0.2, -0.15) is 0 Å². The lowest BCUT2D eigenvalue weighted by Crippen LogP contribution is -2.38. The first kappa shape index (κ1) is 21.9. The van der Waals surface area contributed by atoms with Gasteiger partial charge in [0.1, 0.15) is 0 Å². The van der Waals surface area contributed by atoms with Gasteiger partial charge in [0.2, 0.25) is 0 Å². The predicted molar refractivity (Wildman–Crippen MR) is 98.6 cm³/mol. The molecule has 0 aromatic heterocycles. The Hall–Kier alpha value is -0.120. The van der Waals surface area contributed by atoms with Crippen LogP contribution in [0.2, 0.25) is 0 Å². The maximum Gasteiger partial charge on any atom is 0.0488 e. The van der Waals surface area contributed by atoms with Crippen LogP contribution >= 0.6 is 0 Å². The molecule has 0 saturated carbocycles. The summed E-state index contributed by atoms with van der Waals surface area (Å²) < 4.78 is 4.72. The molecule has 0 aromatic carbocycles. The molecular weight excluding hydrogens is 272 g/mol. The Bertz CT molecular complexity index is 198. The third-order valence-corrected chi connectivity index (χ3v) is 4.20. The van der Waals surface area contributed by atoms with Crippen molar-refractivity contribution in [1.29, 1.82) is 0 Å². The van der Waals surface area contributed by atoms with E-state index in [1.54, 1.807) is 0 Å². The van der Waals surface area contributed by atoms with Crippen molar-refractivity contribution in [2.45, 2.75) is 79.2 Å². The van der Waals surface area contributed by atoms with Gasteiger partial charge in [-0.05, 0) is 71.5 Å². The molecule has 3 aliphatic rings. The van der Waals surface area contributed by atoms with Crippen LogP contribution in [0.3, 0.4) is 0 Å². The number of likely N-dealkylation sites (tertiary alicyclic amines) is 1. The fourth-order valence-corrected chi connectivity index (χ4v) is 2.64. The predicted octanol–water partition coefficient (Wildman–Crippen LogP) is 4.32. The molecular formula is C19H42N2O. The van der Waals surface area contributed by atoms with E-state index in [2.05, 4.69) is 31.0 Å². The molecule has 0 amide bonds. The van der Waals surface area contributed by atoms with Crippen LogP contribution in [-0.2, 0) is 4.74 Å². The third kappa shape index (κ3) is 12.4. The SMILES string of the molecule is C1CCNCC1.C1COC1.CC.CC1CCCN(C(C)C)C1. The Balaban J connectivity index is 0.000000311. The smallest absolute Gasteiger partial charge is 0.0488 e. The fourth-order valence-electron chi connectivity index (χ4n) is 2.64. The van der Waals surface area contributed by atoms with E-state index in [4.69, 9.17) is 4.74 Å². The van der Waals surface area contributed by atoms with Crippen molar-refractivity contribution in [3.05, 3.63) is 0 Å². The second-order valence-corrected chi connectivity index (χ2v) is 6.61. The minimum atomic E-state index is 0.753. The van der Waals surface area contributed by atoms with Crippen LogP contribution in [0.1, 0.15) is 73.1 Å². The number of nitrogens with zero attached hydrogens (tertiary/aromatic N) is 1. The summed E-state index contributed by atoms with van der Waals surface area (Å²) in [6.07, 6.45) is 8.33. The molecule has 3 fully saturated rings. The van der Waals surface area contributed by atoms with Crippen LogP contribution < -0.4 is 5.32 Å². The van der Waals surface area contributed by atoms with E-state index in [-0.39, 0.29) is 0 Å². The molecule has 1 N–H and O–H groups in total. The lowest BCUT2D eigenvalue weighted by molar-refractivity contribution is 0.0367. The van der Waals surface area contributed by atoms with Gasteiger partial charge in [-0.25, -0.2) is 0 Å². The summed E-state index contributed by atoms with van der Waals surface area (Å²) in [5, 5.41) is 3.28. The number of piperidine rings is 2. The highest BCUT2D eigenvalue weighted by atomic mass is 16.5. The first-order chi connectivity index (χ1) is 10.7. The van der Waals surface area contributed by atoms with E-state index < -0.39 is 0 Å². The maximum absolute atomic E-state index is 4.72. The highest BCUT2D eigenvalue weighted by Crippen LogP contribution is 2.16. The molecule has 3 saturated heterocycles. The van der Waals surface area contributed by atoms with Crippen LogP contribution in [0.15, 0.2) is 0 Å². The summed E-state index contributed by atoms with van der Waals surface area (Å²) >= 11 is 0. The zero-order valence-corrected chi connectivity index (χ0v) is 16.0. The lowest BCUT2D eigenvalue weighted by Gasteiger charge is -2.33. The van der Waals surface area contributed by atoms with Crippen molar-refractivity contribution >= 4 is 0 Å². The van der Waals surface area contributed by atoms with Crippen LogP contribution in [0, 0.1) is 5.92 Å². The molecule has 0 aromatic rings. The lowest BCUT2D eigenvalue weighted by atomic mass is 9.99. The summed E-state index contributed by atoms with van der Waals surface area (Å²) in [4.78, 5) is 2.58. The van der Waals surface area contributed by atoms with Crippen LogP contribution in [0.4, 0.5) is 0 Å². The fraction of sp³-hybridized carbons (Fsp3) is 1.00. The van der Waals surface area contributed by atoms with E-state index in [0.29, 0.717) is 0 Å². The standard InChI is InChI=1S/C9H19N.C5H11N.C3H6O.C2H6/c1-8(2)10-6-4-5-9(3)7-10;1-2-4-6-5-3-1;1-2-4-3-1;1-2/h8-9H,4-7H2,1-3H3;6H,1-5H2;1-3H2;1-2H3. The largest absolute Gasteiger partial charge is 0.381 e. The maximum atomic E-state index is 4.72. The van der Waals surface area contributed by atoms with Gasteiger partial charge in [0.05, 0.1) is 0 Å². The van der Waals surface area contributed by atoms with E-state index in [1.165, 1.54) is 64.7 Å². The summed E-state index contributed by atoms with van der Waals surface area (Å²) in [5.41, 5.74) is 0.